The lowest BCUT2D eigenvalue weighted by Gasteiger charge is -2.36. The molecule has 1 unspecified atom stereocenters. The van der Waals surface area contributed by atoms with E-state index >= 15 is 0 Å². The highest BCUT2D eigenvalue weighted by atomic mass is 35.7. The molecule has 0 aliphatic carbocycles. The molecule has 0 aromatic carbocycles. The van der Waals surface area contributed by atoms with Gasteiger partial charge < -0.3 is 0 Å². The summed E-state index contributed by atoms with van der Waals surface area (Å²) in [6.07, 6.45) is 1.75. The Morgan fingerprint density at radius 3 is 2.62 bits per heavy atom. The Morgan fingerprint density at radius 2 is 2.19 bits per heavy atom. The van der Waals surface area contributed by atoms with Gasteiger partial charge in [-0.1, -0.05) is 6.07 Å². The molecule has 1 fully saturated rings. The second kappa shape index (κ2) is 3.71. The number of pyridine rings is 1. The van der Waals surface area contributed by atoms with E-state index in [1.165, 1.54) is 0 Å². The van der Waals surface area contributed by atoms with E-state index in [9.17, 15) is 13.2 Å². The van der Waals surface area contributed by atoms with Crippen LogP contribution < -0.4 is 0 Å². The van der Waals surface area contributed by atoms with Crippen molar-refractivity contribution in [3.63, 3.8) is 0 Å². The summed E-state index contributed by atoms with van der Waals surface area (Å²) >= 11 is 0. The minimum absolute atomic E-state index is 0.127. The topological polar surface area (TPSA) is 67.3 Å². The Hall–Kier alpha value is -1.14. The Morgan fingerprint density at radius 1 is 1.50 bits per heavy atom. The van der Waals surface area contributed by atoms with Crippen molar-refractivity contribution in [1.29, 1.82) is 0 Å². The van der Waals surface area contributed by atoms with Gasteiger partial charge >= 0.3 is 9.24 Å². The third-order valence-corrected chi connectivity index (χ3v) is 3.78. The average molecular weight is 261 g/mol. The zero-order valence-electron chi connectivity index (χ0n) is 8.42. The molecule has 5 nitrogen and oxygen atoms in total. The third-order valence-electron chi connectivity index (χ3n) is 2.41. The van der Waals surface area contributed by atoms with Gasteiger partial charge in [-0.05, 0) is 18.6 Å². The zero-order valence-corrected chi connectivity index (χ0v) is 9.99. The molecule has 2 heterocycles. The van der Waals surface area contributed by atoms with Crippen LogP contribution in [0.25, 0.3) is 0 Å². The fraction of sp³-hybridized carbons (Fsp3) is 0.333. The van der Waals surface area contributed by atoms with Gasteiger partial charge in [0.25, 0.3) is 0 Å². The molecule has 0 N–H and O–H groups in total. The van der Waals surface area contributed by atoms with Crippen molar-refractivity contribution < 1.29 is 13.2 Å². The molecule has 1 aliphatic rings. The highest BCUT2D eigenvalue weighted by molar-refractivity contribution is 8.12. The molecule has 7 heteroatoms. The maximum absolute atomic E-state index is 11.2. The molecule has 1 aliphatic heterocycles. The van der Waals surface area contributed by atoms with Crippen molar-refractivity contribution in [1.82, 2.24) is 9.29 Å². The molecule has 1 amide bonds. The van der Waals surface area contributed by atoms with Gasteiger partial charge in [0.2, 0.25) is 5.91 Å². The first-order valence-electron chi connectivity index (χ1n) is 4.59. The maximum Gasteiger partial charge on any atom is 0.324 e. The molecule has 0 bridgehead atoms. The molecule has 1 aromatic rings. The lowest BCUT2D eigenvalue weighted by Crippen LogP contribution is -2.48. The van der Waals surface area contributed by atoms with Crippen molar-refractivity contribution >= 4 is 25.8 Å². The zero-order chi connectivity index (χ0) is 11.9. The van der Waals surface area contributed by atoms with Crippen LogP contribution in [-0.4, -0.2) is 23.6 Å². The second-order valence-electron chi connectivity index (χ2n) is 3.61. The largest absolute Gasteiger partial charge is 0.324 e. The number of hydrogen-bond acceptors (Lipinski definition) is 4. The fourth-order valence-electron chi connectivity index (χ4n) is 1.57. The van der Waals surface area contributed by atoms with E-state index < -0.39 is 21.2 Å². The minimum atomic E-state index is -4.01. The van der Waals surface area contributed by atoms with Crippen molar-refractivity contribution in [2.75, 3.05) is 0 Å². The quantitative estimate of drug-likeness (QED) is 0.591. The predicted molar refractivity (Wildman–Crippen MR) is 58.0 cm³/mol. The molecular formula is C9H9ClN2O3S. The normalized spacial score (nSPS) is 20.8. The van der Waals surface area contributed by atoms with Gasteiger partial charge in [-0.2, -0.15) is 8.42 Å². The van der Waals surface area contributed by atoms with Gasteiger partial charge in [-0.15, -0.1) is 0 Å². The number of aromatic nitrogens is 1. The number of aryl methyl sites for hydroxylation is 1. The summed E-state index contributed by atoms with van der Waals surface area (Å²) in [5.41, 5.74) is 1.50. The van der Waals surface area contributed by atoms with Crippen LogP contribution >= 0.6 is 10.7 Å². The first kappa shape index (κ1) is 11.3. The van der Waals surface area contributed by atoms with E-state index in [0.717, 1.165) is 5.56 Å². The summed E-state index contributed by atoms with van der Waals surface area (Å²) in [4.78, 5) is 15.2. The van der Waals surface area contributed by atoms with Gasteiger partial charge in [-0.25, -0.2) is 4.31 Å². The number of nitrogens with zero attached hydrogens (tertiary/aromatic N) is 2. The summed E-state index contributed by atoms with van der Waals surface area (Å²) in [6.45, 7) is 1.87. The SMILES string of the molecule is Cc1ccc(C2CC(=O)N2S(=O)(=O)Cl)nc1. The average Bonchev–Trinajstić information content (AvgIpc) is 2.13. The second-order valence-corrected chi connectivity index (χ2v) is 6.00. The minimum Gasteiger partial charge on any atom is -0.274 e. The number of amides is 1. The maximum atomic E-state index is 11.2. The van der Waals surface area contributed by atoms with Crippen LogP contribution in [0.5, 0.6) is 0 Å². The van der Waals surface area contributed by atoms with Crippen molar-refractivity contribution in [2.45, 2.75) is 19.4 Å². The summed E-state index contributed by atoms with van der Waals surface area (Å²) < 4.78 is 22.9. The number of rotatable bonds is 2. The molecule has 2 rings (SSSR count). The Labute approximate surface area is 97.6 Å². The third kappa shape index (κ3) is 1.90. The highest BCUT2D eigenvalue weighted by Crippen LogP contribution is 2.37. The summed E-state index contributed by atoms with van der Waals surface area (Å²) in [6, 6.07) is 2.95. The van der Waals surface area contributed by atoms with Crippen LogP contribution in [0, 0.1) is 6.92 Å². The summed E-state index contributed by atoms with van der Waals surface area (Å²) in [7, 11) is 1.15. The number of halogens is 1. The van der Waals surface area contributed by atoms with Crippen LogP contribution in [-0.2, 0) is 14.0 Å². The molecule has 0 spiro atoms. The van der Waals surface area contributed by atoms with E-state index in [0.29, 0.717) is 10.00 Å². The van der Waals surface area contributed by atoms with E-state index in [1.807, 2.05) is 13.0 Å². The van der Waals surface area contributed by atoms with Crippen LogP contribution in [0.4, 0.5) is 0 Å². The Kier molecular flexibility index (Phi) is 2.63. The van der Waals surface area contributed by atoms with Crippen LogP contribution in [0.15, 0.2) is 18.3 Å². The molecule has 0 saturated carbocycles. The van der Waals surface area contributed by atoms with Gasteiger partial charge in [0.05, 0.1) is 18.2 Å². The number of hydrogen-bond donors (Lipinski definition) is 0. The molecular weight excluding hydrogens is 252 g/mol. The first-order chi connectivity index (χ1) is 7.39. The van der Waals surface area contributed by atoms with Gasteiger partial charge in [0.15, 0.2) is 0 Å². The Balaban J connectivity index is 2.30. The summed E-state index contributed by atoms with van der Waals surface area (Å²) in [5.74, 6) is -0.498. The smallest absolute Gasteiger partial charge is 0.274 e. The lowest BCUT2D eigenvalue weighted by molar-refractivity contribution is -0.137. The van der Waals surface area contributed by atoms with Gasteiger partial charge in [-0.3, -0.25) is 9.78 Å². The van der Waals surface area contributed by atoms with Crippen molar-refractivity contribution in [3.05, 3.63) is 29.6 Å². The van der Waals surface area contributed by atoms with Crippen molar-refractivity contribution in [2.24, 2.45) is 0 Å². The Bertz CT molecular complexity index is 526. The van der Waals surface area contributed by atoms with Crippen LogP contribution in [0.2, 0.25) is 0 Å². The van der Waals surface area contributed by atoms with Gasteiger partial charge in [0.1, 0.15) is 0 Å². The van der Waals surface area contributed by atoms with Gasteiger partial charge in [0, 0.05) is 16.9 Å². The highest BCUT2D eigenvalue weighted by Gasteiger charge is 2.45. The van der Waals surface area contributed by atoms with Crippen molar-refractivity contribution in [3.8, 4) is 0 Å². The first-order valence-corrected chi connectivity index (χ1v) is 6.85. The number of β-lactam (4-membered cyclic amide) rings is 1. The van der Waals surface area contributed by atoms with E-state index in [1.54, 1.807) is 12.3 Å². The summed E-state index contributed by atoms with van der Waals surface area (Å²) in [5, 5.41) is 0. The molecule has 16 heavy (non-hydrogen) atoms. The monoisotopic (exact) mass is 260 g/mol. The lowest BCUT2D eigenvalue weighted by atomic mass is 10.0. The number of carbonyl (C=O) groups excluding carboxylic acids is 1. The van der Waals surface area contributed by atoms with E-state index in [-0.39, 0.29) is 6.42 Å². The fourth-order valence-corrected chi connectivity index (χ4v) is 2.90. The van der Waals surface area contributed by atoms with Crippen LogP contribution in [0.1, 0.15) is 23.7 Å². The standard InChI is InChI=1S/C9H9ClN2O3S/c1-6-2-3-7(11-5-6)8-4-9(13)12(8)16(10,14)15/h2-3,5,8H,4H2,1H3. The molecule has 1 saturated heterocycles. The van der Waals surface area contributed by atoms with Crippen LogP contribution in [0.3, 0.4) is 0 Å². The number of carbonyl (C=O) groups is 1. The molecule has 1 atom stereocenters. The molecule has 1 aromatic heterocycles. The molecule has 86 valence electrons. The van der Waals surface area contributed by atoms with E-state index in [2.05, 4.69) is 4.98 Å². The van der Waals surface area contributed by atoms with E-state index in [4.69, 9.17) is 10.7 Å². The molecule has 0 radical (unpaired) electrons. The predicted octanol–water partition coefficient (Wildman–Crippen LogP) is 1.15.